The van der Waals surface area contributed by atoms with Crippen LogP contribution in [0, 0.1) is 11.6 Å². The van der Waals surface area contributed by atoms with E-state index in [1.807, 2.05) is 0 Å². The van der Waals surface area contributed by atoms with Gasteiger partial charge in [0.2, 0.25) is 0 Å². The van der Waals surface area contributed by atoms with Crippen molar-refractivity contribution in [1.82, 2.24) is 9.97 Å². The van der Waals surface area contributed by atoms with Crippen LogP contribution in [0.1, 0.15) is 10.4 Å². The number of thiazole rings is 1. The molecule has 0 fully saturated rings. The number of benzene rings is 1. The summed E-state index contributed by atoms with van der Waals surface area (Å²) in [6, 6.07) is 6.37. The van der Waals surface area contributed by atoms with Gasteiger partial charge in [-0.15, -0.1) is 11.3 Å². The Morgan fingerprint density at radius 3 is 2.46 bits per heavy atom. The molecule has 4 nitrogen and oxygen atoms in total. The van der Waals surface area contributed by atoms with Gasteiger partial charge in [0.1, 0.15) is 21.9 Å². The maximum atomic E-state index is 13.8. The maximum Gasteiger partial charge on any atom is 0.260 e. The number of pyridine rings is 1. The van der Waals surface area contributed by atoms with E-state index >= 15 is 0 Å². The lowest BCUT2D eigenvalue weighted by atomic mass is 10.1. The second kappa shape index (κ2) is 6.80. The van der Waals surface area contributed by atoms with Gasteiger partial charge >= 0.3 is 0 Å². The van der Waals surface area contributed by atoms with E-state index in [-0.39, 0.29) is 32.3 Å². The van der Waals surface area contributed by atoms with Crippen LogP contribution >= 0.6 is 34.5 Å². The number of halogens is 4. The lowest BCUT2D eigenvalue weighted by Crippen LogP contribution is -2.12. The largest absolute Gasteiger partial charge is 0.298 e. The number of carbonyl (C=O) groups is 1. The molecule has 2 aromatic heterocycles. The Morgan fingerprint density at radius 1 is 1.08 bits per heavy atom. The van der Waals surface area contributed by atoms with Crippen molar-refractivity contribution >= 4 is 45.6 Å². The van der Waals surface area contributed by atoms with Crippen LogP contribution in [0.2, 0.25) is 10.3 Å². The Morgan fingerprint density at radius 2 is 1.79 bits per heavy atom. The number of hydrogen-bond donors (Lipinski definition) is 1. The SMILES string of the molecule is O=C(Nc1nc(-c2c(F)cccc2F)cs1)c1ccc(Cl)nc1Cl. The van der Waals surface area contributed by atoms with E-state index in [4.69, 9.17) is 23.2 Å². The molecule has 0 aliphatic carbocycles. The van der Waals surface area contributed by atoms with Crippen molar-refractivity contribution in [1.29, 1.82) is 0 Å². The van der Waals surface area contributed by atoms with E-state index in [0.717, 1.165) is 23.5 Å². The number of carbonyl (C=O) groups excluding carboxylic acids is 1. The average molecular weight is 386 g/mol. The van der Waals surface area contributed by atoms with Gasteiger partial charge in [-0.3, -0.25) is 10.1 Å². The number of nitrogens with one attached hydrogen (secondary N) is 1. The molecular formula is C15H7Cl2F2N3OS. The van der Waals surface area contributed by atoms with Crippen LogP contribution in [-0.2, 0) is 0 Å². The number of anilines is 1. The summed E-state index contributed by atoms with van der Waals surface area (Å²) in [7, 11) is 0. The third kappa shape index (κ3) is 3.38. The van der Waals surface area contributed by atoms with Crippen molar-refractivity contribution in [2.24, 2.45) is 0 Å². The molecule has 1 N–H and O–H groups in total. The number of hydrogen-bond acceptors (Lipinski definition) is 4. The highest BCUT2D eigenvalue weighted by molar-refractivity contribution is 7.14. The molecule has 0 aliphatic rings. The van der Waals surface area contributed by atoms with Crippen molar-refractivity contribution in [3.8, 4) is 11.3 Å². The number of aromatic nitrogens is 2. The van der Waals surface area contributed by atoms with Gasteiger partial charge in [0.15, 0.2) is 5.13 Å². The predicted molar refractivity (Wildman–Crippen MR) is 89.7 cm³/mol. The Hall–Kier alpha value is -2.09. The fourth-order valence-corrected chi connectivity index (χ4v) is 3.06. The summed E-state index contributed by atoms with van der Waals surface area (Å²) in [6.07, 6.45) is 0. The lowest BCUT2D eigenvalue weighted by molar-refractivity contribution is 0.102. The van der Waals surface area contributed by atoms with Gasteiger partial charge in [-0.25, -0.2) is 18.7 Å². The van der Waals surface area contributed by atoms with Gasteiger partial charge < -0.3 is 0 Å². The standard InChI is InChI=1S/C15H7Cl2F2N3OS/c16-11-5-4-7(13(17)21-11)14(23)22-15-20-10(6-24-15)12-8(18)2-1-3-9(12)19/h1-6H,(H,20,22,23). The summed E-state index contributed by atoms with van der Waals surface area (Å²) in [6.45, 7) is 0. The second-order valence-electron chi connectivity index (χ2n) is 4.56. The third-order valence-electron chi connectivity index (χ3n) is 3.00. The molecule has 0 bridgehead atoms. The Labute approximate surface area is 149 Å². The second-order valence-corrected chi connectivity index (χ2v) is 6.16. The minimum Gasteiger partial charge on any atom is -0.298 e. The Kier molecular flexibility index (Phi) is 4.75. The van der Waals surface area contributed by atoms with Crippen LogP contribution in [0.4, 0.5) is 13.9 Å². The van der Waals surface area contributed by atoms with E-state index in [1.165, 1.54) is 23.6 Å². The Bertz CT molecular complexity index is 913. The highest BCUT2D eigenvalue weighted by Crippen LogP contribution is 2.29. The molecule has 0 spiro atoms. The molecule has 1 aromatic carbocycles. The van der Waals surface area contributed by atoms with Crippen molar-refractivity contribution in [2.75, 3.05) is 5.32 Å². The highest BCUT2D eigenvalue weighted by Gasteiger charge is 2.17. The summed E-state index contributed by atoms with van der Waals surface area (Å²) < 4.78 is 27.5. The zero-order chi connectivity index (χ0) is 17.3. The quantitative estimate of drug-likeness (QED) is 0.642. The molecule has 0 atom stereocenters. The van der Waals surface area contributed by atoms with Crippen LogP contribution in [-0.4, -0.2) is 15.9 Å². The lowest BCUT2D eigenvalue weighted by Gasteiger charge is -2.04. The summed E-state index contributed by atoms with van der Waals surface area (Å²) >= 11 is 12.6. The molecule has 9 heteroatoms. The molecule has 2 heterocycles. The van der Waals surface area contributed by atoms with Crippen molar-refractivity contribution in [3.05, 3.63) is 63.2 Å². The van der Waals surface area contributed by atoms with E-state index in [1.54, 1.807) is 0 Å². The van der Waals surface area contributed by atoms with Crippen LogP contribution in [0.25, 0.3) is 11.3 Å². The molecule has 0 aliphatic heterocycles. The van der Waals surface area contributed by atoms with Crippen LogP contribution in [0.3, 0.4) is 0 Å². The fraction of sp³-hybridized carbons (Fsp3) is 0. The van der Waals surface area contributed by atoms with Crippen LogP contribution in [0.5, 0.6) is 0 Å². The molecule has 0 unspecified atom stereocenters. The van der Waals surface area contributed by atoms with Gasteiger partial charge in [0.05, 0.1) is 16.8 Å². The first-order valence-electron chi connectivity index (χ1n) is 6.49. The highest BCUT2D eigenvalue weighted by atomic mass is 35.5. The number of rotatable bonds is 3. The first-order chi connectivity index (χ1) is 11.5. The van der Waals surface area contributed by atoms with E-state index in [0.29, 0.717) is 0 Å². The van der Waals surface area contributed by atoms with E-state index in [9.17, 15) is 13.6 Å². The minimum absolute atomic E-state index is 0.0584. The van der Waals surface area contributed by atoms with Gasteiger partial charge in [0, 0.05) is 5.38 Å². The summed E-state index contributed by atoms with van der Waals surface area (Å²) in [5.74, 6) is -2.02. The van der Waals surface area contributed by atoms with Crippen molar-refractivity contribution in [3.63, 3.8) is 0 Å². The molecule has 122 valence electrons. The first-order valence-corrected chi connectivity index (χ1v) is 8.12. The molecule has 0 saturated heterocycles. The summed E-state index contributed by atoms with van der Waals surface area (Å²) in [5.41, 5.74) is -0.0541. The molecule has 3 aromatic rings. The van der Waals surface area contributed by atoms with Crippen LogP contribution in [0.15, 0.2) is 35.7 Å². The van der Waals surface area contributed by atoms with Gasteiger partial charge in [-0.05, 0) is 24.3 Å². The number of nitrogens with zero attached hydrogens (tertiary/aromatic N) is 2. The third-order valence-corrected chi connectivity index (χ3v) is 4.26. The van der Waals surface area contributed by atoms with Gasteiger partial charge in [0.25, 0.3) is 5.91 Å². The van der Waals surface area contributed by atoms with Crippen molar-refractivity contribution in [2.45, 2.75) is 0 Å². The monoisotopic (exact) mass is 385 g/mol. The smallest absolute Gasteiger partial charge is 0.260 e. The molecule has 24 heavy (non-hydrogen) atoms. The number of amides is 1. The van der Waals surface area contributed by atoms with E-state index < -0.39 is 17.5 Å². The minimum atomic E-state index is -0.733. The maximum absolute atomic E-state index is 13.8. The van der Waals surface area contributed by atoms with Crippen molar-refractivity contribution < 1.29 is 13.6 Å². The molecule has 3 rings (SSSR count). The van der Waals surface area contributed by atoms with E-state index in [2.05, 4.69) is 15.3 Å². The molecule has 1 amide bonds. The zero-order valence-electron chi connectivity index (χ0n) is 11.7. The van der Waals surface area contributed by atoms with Gasteiger partial charge in [-0.1, -0.05) is 29.3 Å². The average Bonchev–Trinajstić information content (AvgIpc) is 2.95. The normalized spacial score (nSPS) is 10.7. The predicted octanol–water partition coefficient (Wildman–Crippen LogP) is 5.04. The first kappa shape index (κ1) is 16.8. The molecule has 0 saturated carbocycles. The molecular weight excluding hydrogens is 379 g/mol. The summed E-state index contributed by atoms with van der Waals surface area (Å²) in [4.78, 5) is 20.0. The molecule has 0 radical (unpaired) electrons. The Balaban J connectivity index is 1.85. The topological polar surface area (TPSA) is 54.9 Å². The summed E-state index contributed by atoms with van der Waals surface area (Å²) in [5, 5.41) is 4.21. The van der Waals surface area contributed by atoms with Crippen LogP contribution < -0.4 is 5.32 Å². The zero-order valence-corrected chi connectivity index (χ0v) is 14.0. The van der Waals surface area contributed by atoms with Gasteiger partial charge in [-0.2, -0.15) is 0 Å². The fourth-order valence-electron chi connectivity index (χ4n) is 1.93.